The maximum atomic E-state index is 2.62. The number of hydrogen-bond donors (Lipinski definition) is 0. The van der Waals surface area contributed by atoms with Crippen LogP contribution in [0.4, 0.5) is 39.8 Å². The van der Waals surface area contributed by atoms with Crippen LogP contribution in [0.15, 0.2) is 223 Å². The molecule has 2 aliphatic heterocycles. The largest absolute Gasteiger partial charge is 0.334 e. The molecule has 0 N–H and O–H groups in total. The van der Waals surface area contributed by atoms with E-state index in [0.29, 0.717) is 0 Å². The number of allylic oxidation sites excluding steroid dienone is 1. The Hall–Kier alpha value is -7.36. The van der Waals surface area contributed by atoms with Gasteiger partial charge in [-0.15, -0.1) is 0 Å². The van der Waals surface area contributed by atoms with Crippen molar-refractivity contribution in [2.75, 3.05) is 14.7 Å². The fraction of sp³-hybridized carbons (Fsp3) is 0.161. The molecular formula is C62H55N3. The monoisotopic (exact) mass is 841 g/mol. The van der Waals surface area contributed by atoms with Crippen LogP contribution < -0.4 is 14.7 Å². The van der Waals surface area contributed by atoms with E-state index in [1.807, 2.05) is 0 Å². The van der Waals surface area contributed by atoms with Crippen molar-refractivity contribution >= 4 is 39.8 Å². The third-order valence-corrected chi connectivity index (χ3v) is 14.4. The number of hydrogen-bond acceptors (Lipinski definition) is 3. The molecule has 0 fully saturated rings. The molecule has 3 heteroatoms. The number of rotatable bonds is 8. The minimum absolute atomic E-state index is 0.0663. The van der Waals surface area contributed by atoms with Crippen molar-refractivity contribution in [1.29, 1.82) is 0 Å². The van der Waals surface area contributed by atoms with Crippen LogP contribution in [0.5, 0.6) is 0 Å². The van der Waals surface area contributed by atoms with Gasteiger partial charge < -0.3 is 14.7 Å². The summed E-state index contributed by atoms with van der Waals surface area (Å²) in [7, 11) is 0. The smallest absolute Gasteiger partial charge is 0.0567 e. The normalized spacial score (nSPS) is 16.5. The van der Waals surface area contributed by atoms with Gasteiger partial charge >= 0.3 is 0 Å². The molecule has 0 radical (unpaired) electrons. The van der Waals surface area contributed by atoms with Crippen LogP contribution in [-0.4, -0.2) is 6.04 Å². The molecule has 11 rings (SSSR count). The molecule has 1 aliphatic carbocycles. The minimum atomic E-state index is -0.338. The van der Waals surface area contributed by atoms with Crippen LogP contribution in [-0.2, 0) is 10.8 Å². The quantitative estimate of drug-likeness (QED) is 0.151. The van der Waals surface area contributed by atoms with E-state index in [2.05, 4.69) is 263 Å². The molecule has 0 aromatic heterocycles. The van der Waals surface area contributed by atoms with Gasteiger partial charge in [-0.3, -0.25) is 0 Å². The Morgan fingerprint density at radius 3 is 1.45 bits per heavy atom. The lowest BCUT2D eigenvalue weighted by atomic mass is 9.62. The first-order valence-electron chi connectivity index (χ1n) is 23.1. The van der Waals surface area contributed by atoms with Crippen molar-refractivity contribution < 1.29 is 0 Å². The summed E-state index contributed by atoms with van der Waals surface area (Å²) in [5, 5.41) is 0. The van der Waals surface area contributed by atoms with Crippen LogP contribution in [0, 0.1) is 13.8 Å². The summed E-state index contributed by atoms with van der Waals surface area (Å²) in [6.07, 6.45) is 3.52. The first kappa shape index (κ1) is 40.4. The van der Waals surface area contributed by atoms with E-state index in [0.717, 1.165) is 23.5 Å². The van der Waals surface area contributed by atoms with E-state index in [-0.39, 0.29) is 16.9 Å². The van der Waals surface area contributed by atoms with Gasteiger partial charge in [0.15, 0.2) is 0 Å². The van der Waals surface area contributed by atoms with E-state index in [1.54, 1.807) is 0 Å². The third-order valence-electron chi connectivity index (χ3n) is 14.4. The maximum absolute atomic E-state index is 2.62. The fourth-order valence-corrected chi connectivity index (χ4v) is 10.8. The molecule has 0 bridgehead atoms. The molecule has 2 heterocycles. The zero-order valence-corrected chi connectivity index (χ0v) is 38.3. The molecule has 1 unspecified atom stereocenters. The second kappa shape index (κ2) is 15.7. The van der Waals surface area contributed by atoms with Crippen LogP contribution in [0.2, 0.25) is 0 Å². The Labute approximate surface area is 385 Å². The summed E-state index contributed by atoms with van der Waals surface area (Å²) >= 11 is 0. The molecule has 1 atom stereocenters. The summed E-state index contributed by atoms with van der Waals surface area (Å²) in [4.78, 5) is 7.62. The topological polar surface area (TPSA) is 9.72 Å². The Bertz CT molecular complexity index is 3100. The first-order valence-corrected chi connectivity index (χ1v) is 23.1. The summed E-state index contributed by atoms with van der Waals surface area (Å²) in [5.41, 5.74) is 22.0. The Morgan fingerprint density at radius 2 is 0.877 bits per heavy atom. The van der Waals surface area contributed by atoms with Crippen molar-refractivity contribution in [3.63, 3.8) is 0 Å². The van der Waals surface area contributed by atoms with Gasteiger partial charge in [-0.1, -0.05) is 172 Å². The Balaban J connectivity index is 1.09. The number of aryl methyl sites for hydroxylation is 2. The van der Waals surface area contributed by atoms with Gasteiger partial charge in [0.25, 0.3) is 0 Å². The van der Waals surface area contributed by atoms with E-state index in [1.165, 1.54) is 84.1 Å². The van der Waals surface area contributed by atoms with Crippen molar-refractivity contribution in [2.24, 2.45) is 0 Å². The lowest BCUT2D eigenvalue weighted by Crippen LogP contribution is -2.47. The Morgan fingerprint density at radius 1 is 0.431 bits per heavy atom. The maximum Gasteiger partial charge on any atom is 0.0567 e. The molecule has 0 spiro atoms. The van der Waals surface area contributed by atoms with E-state index in [4.69, 9.17) is 0 Å². The molecular weight excluding hydrogens is 787 g/mol. The summed E-state index contributed by atoms with van der Waals surface area (Å²) in [6, 6.07) is 74.0. The zero-order chi connectivity index (χ0) is 44.5. The predicted octanol–water partition coefficient (Wildman–Crippen LogP) is 16.6. The first-order chi connectivity index (χ1) is 31.6. The van der Waals surface area contributed by atoms with E-state index in [9.17, 15) is 0 Å². The van der Waals surface area contributed by atoms with Crippen molar-refractivity contribution in [3.05, 3.63) is 245 Å². The lowest BCUT2D eigenvalue weighted by molar-refractivity contribution is 0.514. The highest BCUT2D eigenvalue weighted by atomic mass is 15.2. The van der Waals surface area contributed by atoms with Gasteiger partial charge in [0.2, 0.25) is 0 Å². The number of para-hydroxylation sites is 1. The average molecular weight is 842 g/mol. The highest BCUT2D eigenvalue weighted by Gasteiger charge is 2.50. The fourth-order valence-electron chi connectivity index (χ4n) is 10.8. The lowest BCUT2D eigenvalue weighted by Gasteiger charge is -2.54. The summed E-state index contributed by atoms with van der Waals surface area (Å²) in [5.74, 6) is 0. The van der Waals surface area contributed by atoms with E-state index >= 15 is 0 Å². The number of anilines is 7. The minimum Gasteiger partial charge on any atom is -0.334 e. The zero-order valence-electron chi connectivity index (χ0n) is 38.3. The molecule has 0 saturated heterocycles. The number of fused-ring (bicyclic) bond motifs is 4. The highest BCUT2D eigenvalue weighted by Crippen LogP contribution is 2.61. The second-order valence-electron chi connectivity index (χ2n) is 19.2. The van der Waals surface area contributed by atoms with Gasteiger partial charge in [-0.05, 0) is 138 Å². The second-order valence-corrected chi connectivity index (χ2v) is 19.2. The van der Waals surface area contributed by atoms with Gasteiger partial charge in [0, 0.05) is 39.3 Å². The molecule has 0 amide bonds. The highest BCUT2D eigenvalue weighted by molar-refractivity contribution is 5.89. The summed E-state index contributed by atoms with van der Waals surface area (Å²) < 4.78 is 0. The van der Waals surface area contributed by atoms with Gasteiger partial charge in [0.1, 0.15) is 0 Å². The molecule has 3 aliphatic rings. The average Bonchev–Trinajstić information content (AvgIpc) is 3.34. The number of benzene rings is 8. The molecule has 8 aromatic rings. The SMILES string of the molecule is Cc1ccc(N(c2ccc(-c3ccccc3)cc2)c2ccc3c(c2)C(C)(C)C2=CC(N(c4ccc(C)cc4)c4ccc(-c5ccccc5)cc4)CC4=C2N3c2ccccc2C4(C)C)cc1. The van der Waals surface area contributed by atoms with Crippen LogP contribution in [0.3, 0.4) is 0 Å². The third kappa shape index (κ3) is 6.89. The standard InChI is InChI=1S/C62H55N3/c1-42-21-29-48(30-22-42)63(50-33-25-46(26-34-50)44-15-9-7-10-16-44)52-37-38-59-55(39-52)62(5,6)57-41-53(40-56-60(57)65(59)58-20-14-13-19-54(58)61(56,3)4)64(49-31-23-43(2)24-32-49)51-35-27-47(28-36-51)45-17-11-8-12-18-45/h7-39,41,53H,40H2,1-6H3. The van der Waals surface area contributed by atoms with Crippen LogP contribution in [0.25, 0.3) is 22.3 Å². The van der Waals surface area contributed by atoms with Crippen LogP contribution >= 0.6 is 0 Å². The molecule has 65 heavy (non-hydrogen) atoms. The van der Waals surface area contributed by atoms with Gasteiger partial charge in [-0.2, -0.15) is 0 Å². The molecule has 0 saturated carbocycles. The van der Waals surface area contributed by atoms with E-state index < -0.39 is 0 Å². The molecule has 3 nitrogen and oxygen atoms in total. The predicted molar refractivity (Wildman–Crippen MR) is 275 cm³/mol. The summed E-state index contributed by atoms with van der Waals surface area (Å²) in [6.45, 7) is 14.1. The molecule has 8 aromatic carbocycles. The van der Waals surface area contributed by atoms with Crippen molar-refractivity contribution in [1.82, 2.24) is 0 Å². The van der Waals surface area contributed by atoms with Gasteiger partial charge in [0.05, 0.1) is 23.1 Å². The molecule has 318 valence electrons. The van der Waals surface area contributed by atoms with Crippen molar-refractivity contribution in [3.8, 4) is 22.3 Å². The van der Waals surface area contributed by atoms with Crippen molar-refractivity contribution in [2.45, 2.75) is 64.8 Å². The number of nitrogens with zero attached hydrogens (tertiary/aromatic N) is 3. The van der Waals surface area contributed by atoms with Gasteiger partial charge in [-0.25, -0.2) is 0 Å². The van der Waals surface area contributed by atoms with Crippen LogP contribution in [0.1, 0.15) is 56.4 Å². The Kier molecular flexibility index (Phi) is 9.77.